The molecule has 2 aromatic rings. The van der Waals surface area contributed by atoms with Crippen molar-refractivity contribution in [1.29, 1.82) is 0 Å². The summed E-state index contributed by atoms with van der Waals surface area (Å²) < 4.78 is 7.33. The molecule has 3 heteroatoms. The first-order chi connectivity index (χ1) is 7.33. The maximum atomic E-state index is 5.06. The zero-order valence-electron chi connectivity index (χ0n) is 9.23. The minimum absolute atomic E-state index is 0.809. The lowest BCUT2D eigenvalue weighted by Gasteiger charge is -2.03. The summed E-state index contributed by atoms with van der Waals surface area (Å²) in [4.78, 5) is 4.15. The first-order valence-electron chi connectivity index (χ1n) is 5.21. The summed E-state index contributed by atoms with van der Waals surface area (Å²) >= 11 is 0. The summed E-state index contributed by atoms with van der Waals surface area (Å²) in [5.74, 6) is 0. The first kappa shape index (κ1) is 10.2. The van der Waals surface area contributed by atoms with Gasteiger partial charge in [0, 0.05) is 44.2 Å². The molecule has 15 heavy (non-hydrogen) atoms. The van der Waals surface area contributed by atoms with Crippen LogP contribution in [0.15, 0.2) is 24.7 Å². The first-order valence-corrected chi connectivity index (χ1v) is 5.21. The van der Waals surface area contributed by atoms with Crippen molar-refractivity contribution in [3.63, 3.8) is 0 Å². The molecule has 80 valence electrons. The molecule has 0 spiro atoms. The number of rotatable bonds is 4. The van der Waals surface area contributed by atoms with E-state index in [4.69, 9.17) is 4.74 Å². The third kappa shape index (κ3) is 2.02. The highest BCUT2D eigenvalue weighted by Gasteiger charge is 2.03. The Morgan fingerprint density at radius 3 is 3.13 bits per heavy atom. The van der Waals surface area contributed by atoms with Crippen molar-refractivity contribution in [3.8, 4) is 0 Å². The summed E-state index contributed by atoms with van der Waals surface area (Å²) in [6, 6.07) is 2.06. The van der Waals surface area contributed by atoms with Crippen molar-refractivity contribution in [1.82, 2.24) is 9.55 Å². The van der Waals surface area contributed by atoms with Crippen molar-refractivity contribution >= 4 is 10.9 Å². The molecule has 0 saturated carbocycles. The van der Waals surface area contributed by atoms with Crippen molar-refractivity contribution < 1.29 is 4.74 Å². The molecule has 0 atom stereocenters. The Morgan fingerprint density at radius 1 is 1.47 bits per heavy atom. The molecule has 0 aliphatic heterocycles. The Hall–Kier alpha value is -1.35. The number of hydrogen-bond acceptors (Lipinski definition) is 2. The van der Waals surface area contributed by atoms with Crippen LogP contribution in [0.25, 0.3) is 10.9 Å². The second kappa shape index (κ2) is 4.45. The van der Waals surface area contributed by atoms with Gasteiger partial charge in [0.05, 0.1) is 5.52 Å². The van der Waals surface area contributed by atoms with Gasteiger partial charge < -0.3 is 9.30 Å². The molecular formula is C12H16N2O. The van der Waals surface area contributed by atoms with Crippen molar-refractivity contribution in [2.24, 2.45) is 0 Å². The fourth-order valence-corrected chi connectivity index (χ4v) is 1.88. The predicted octanol–water partition coefficient (Wildman–Crippen LogP) is 2.38. The molecule has 0 unspecified atom stereocenters. The number of pyridine rings is 1. The van der Waals surface area contributed by atoms with E-state index < -0.39 is 0 Å². The van der Waals surface area contributed by atoms with E-state index in [9.17, 15) is 0 Å². The average Bonchev–Trinajstić information content (AvgIpc) is 2.58. The fourth-order valence-electron chi connectivity index (χ4n) is 1.88. The summed E-state index contributed by atoms with van der Waals surface area (Å²) in [6.45, 7) is 3.93. The molecule has 0 aliphatic rings. The molecule has 3 nitrogen and oxygen atoms in total. The van der Waals surface area contributed by atoms with Gasteiger partial charge in [0.15, 0.2) is 0 Å². The van der Waals surface area contributed by atoms with Gasteiger partial charge in [-0.1, -0.05) is 0 Å². The monoisotopic (exact) mass is 204 g/mol. The quantitative estimate of drug-likeness (QED) is 0.715. The van der Waals surface area contributed by atoms with E-state index in [-0.39, 0.29) is 0 Å². The molecule has 2 aromatic heterocycles. The summed E-state index contributed by atoms with van der Waals surface area (Å²) in [7, 11) is 1.74. The van der Waals surface area contributed by atoms with E-state index in [2.05, 4.69) is 28.7 Å². The van der Waals surface area contributed by atoms with Crippen LogP contribution < -0.4 is 0 Å². The zero-order chi connectivity index (χ0) is 10.7. The van der Waals surface area contributed by atoms with Gasteiger partial charge in [-0.15, -0.1) is 0 Å². The number of fused-ring (bicyclic) bond motifs is 1. The lowest BCUT2D eigenvalue weighted by Crippen LogP contribution is -1.99. The van der Waals surface area contributed by atoms with Crippen LogP contribution in [0.4, 0.5) is 0 Å². The SMILES string of the molecule is COCCCn1cc(C)c2cnccc21. The van der Waals surface area contributed by atoms with E-state index in [1.165, 1.54) is 16.5 Å². The van der Waals surface area contributed by atoms with E-state index >= 15 is 0 Å². The van der Waals surface area contributed by atoms with Crippen LogP contribution in [-0.2, 0) is 11.3 Å². The van der Waals surface area contributed by atoms with Crippen LogP contribution in [-0.4, -0.2) is 23.3 Å². The second-order valence-electron chi connectivity index (χ2n) is 3.74. The molecule has 0 amide bonds. The Labute approximate surface area is 89.7 Å². The molecule has 0 aromatic carbocycles. The molecule has 0 fully saturated rings. The Morgan fingerprint density at radius 2 is 2.33 bits per heavy atom. The maximum absolute atomic E-state index is 5.06. The molecule has 0 aliphatic carbocycles. The highest BCUT2D eigenvalue weighted by molar-refractivity contribution is 5.82. The topological polar surface area (TPSA) is 27.1 Å². The number of methoxy groups -OCH3 is 1. The number of aryl methyl sites for hydroxylation is 2. The van der Waals surface area contributed by atoms with Crippen LogP contribution >= 0.6 is 0 Å². The molecule has 0 N–H and O–H groups in total. The average molecular weight is 204 g/mol. The van der Waals surface area contributed by atoms with Gasteiger partial charge in [-0.3, -0.25) is 4.98 Å². The van der Waals surface area contributed by atoms with Crippen molar-refractivity contribution in [3.05, 3.63) is 30.2 Å². The third-order valence-corrected chi connectivity index (χ3v) is 2.63. The van der Waals surface area contributed by atoms with Crippen LogP contribution in [0.5, 0.6) is 0 Å². The lowest BCUT2D eigenvalue weighted by atomic mass is 10.2. The second-order valence-corrected chi connectivity index (χ2v) is 3.74. The van der Waals surface area contributed by atoms with E-state index in [0.717, 1.165) is 19.6 Å². The standard InChI is InChI=1S/C12H16N2O/c1-10-9-14(6-3-7-15-2)12-4-5-13-8-11(10)12/h4-5,8-9H,3,6-7H2,1-2H3. The number of nitrogens with zero attached hydrogens (tertiary/aromatic N) is 2. The van der Waals surface area contributed by atoms with E-state index in [1.807, 2.05) is 12.4 Å². The van der Waals surface area contributed by atoms with Crippen LogP contribution in [0, 0.1) is 6.92 Å². The number of hydrogen-bond donors (Lipinski definition) is 0. The maximum Gasteiger partial charge on any atom is 0.0514 e. The lowest BCUT2D eigenvalue weighted by molar-refractivity contribution is 0.190. The number of aromatic nitrogens is 2. The van der Waals surface area contributed by atoms with Crippen LogP contribution in [0.3, 0.4) is 0 Å². The molecule has 0 radical (unpaired) electrons. The third-order valence-electron chi connectivity index (χ3n) is 2.63. The largest absolute Gasteiger partial charge is 0.385 e. The van der Waals surface area contributed by atoms with Gasteiger partial charge in [0.1, 0.15) is 0 Å². The van der Waals surface area contributed by atoms with Crippen molar-refractivity contribution in [2.45, 2.75) is 19.9 Å². The van der Waals surface area contributed by atoms with Gasteiger partial charge in [0.25, 0.3) is 0 Å². The van der Waals surface area contributed by atoms with Crippen LogP contribution in [0.1, 0.15) is 12.0 Å². The predicted molar refractivity (Wildman–Crippen MR) is 61.0 cm³/mol. The smallest absolute Gasteiger partial charge is 0.0514 e. The fraction of sp³-hybridized carbons (Fsp3) is 0.417. The molecule has 2 heterocycles. The zero-order valence-corrected chi connectivity index (χ0v) is 9.23. The van der Waals surface area contributed by atoms with Gasteiger partial charge >= 0.3 is 0 Å². The molecule has 2 rings (SSSR count). The van der Waals surface area contributed by atoms with Gasteiger partial charge in [-0.05, 0) is 25.0 Å². The van der Waals surface area contributed by atoms with Crippen molar-refractivity contribution in [2.75, 3.05) is 13.7 Å². The molecule has 0 bridgehead atoms. The summed E-state index contributed by atoms with van der Waals surface area (Å²) in [5, 5.41) is 1.25. The minimum Gasteiger partial charge on any atom is -0.385 e. The number of ether oxygens (including phenoxy) is 1. The Balaban J connectivity index is 2.27. The highest BCUT2D eigenvalue weighted by atomic mass is 16.5. The normalized spacial score (nSPS) is 11.1. The highest BCUT2D eigenvalue weighted by Crippen LogP contribution is 2.19. The Bertz CT molecular complexity index is 448. The minimum atomic E-state index is 0.809. The van der Waals surface area contributed by atoms with Gasteiger partial charge in [-0.2, -0.15) is 0 Å². The van der Waals surface area contributed by atoms with Gasteiger partial charge in [-0.25, -0.2) is 0 Å². The summed E-state index contributed by atoms with van der Waals surface area (Å²) in [5.41, 5.74) is 2.55. The van der Waals surface area contributed by atoms with E-state index in [0.29, 0.717) is 0 Å². The van der Waals surface area contributed by atoms with E-state index in [1.54, 1.807) is 7.11 Å². The van der Waals surface area contributed by atoms with Crippen LogP contribution in [0.2, 0.25) is 0 Å². The molecular weight excluding hydrogens is 188 g/mol. The summed E-state index contributed by atoms with van der Waals surface area (Å²) in [6.07, 6.45) is 7.00. The molecule has 0 saturated heterocycles. The van der Waals surface area contributed by atoms with Gasteiger partial charge in [0.2, 0.25) is 0 Å². The Kier molecular flexibility index (Phi) is 3.02.